The van der Waals surface area contributed by atoms with Crippen LogP contribution in [0.3, 0.4) is 0 Å². The third-order valence-corrected chi connectivity index (χ3v) is 4.65. The molecule has 3 rings (SSSR count). The second kappa shape index (κ2) is 8.58. The average molecular weight is 371 g/mol. The number of rotatable bonds is 8. The molecule has 0 amide bonds. The van der Waals surface area contributed by atoms with Crippen LogP contribution in [0, 0.1) is 0 Å². The van der Waals surface area contributed by atoms with E-state index in [1.165, 1.54) is 0 Å². The summed E-state index contributed by atoms with van der Waals surface area (Å²) in [5.74, 6) is 2.84. The van der Waals surface area contributed by atoms with E-state index in [0.29, 0.717) is 30.5 Å². The molecule has 136 valence electrons. The highest BCUT2D eigenvalue weighted by Crippen LogP contribution is 2.34. The number of methoxy groups -OCH3 is 2. The van der Waals surface area contributed by atoms with Crippen LogP contribution in [-0.4, -0.2) is 25.8 Å². The summed E-state index contributed by atoms with van der Waals surface area (Å²) in [5.41, 5.74) is 1.85. The van der Waals surface area contributed by atoms with Gasteiger partial charge in [-0.15, -0.1) is 11.3 Å². The first kappa shape index (κ1) is 18.1. The number of aromatic nitrogens is 1. The molecule has 2 aromatic carbocycles. The van der Waals surface area contributed by atoms with Crippen LogP contribution in [0.1, 0.15) is 12.6 Å². The smallest absolute Gasteiger partial charge is 0.161 e. The van der Waals surface area contributed by atoms with E-state index in [-0.39, 0.29) is 0 Å². The Morgan fingerprint density at radius 2 is 1.62 bits per heavy atom. The monoisotopic (exact) mass is 371 g/mol. The van der Waals surface area contributed by atoms with Crippen molar-refractivity contribution in [3.05, 3.63) is 53.5 Å². The molecule has 0 N–H and O–H groups in total. The third-order valence-electron chi connectivity index (χ3n) is 3.71. The molecule has 5 nitrogen and oxygen atoms in total. The summed E-state index contributed by atoms with van der Waals surface area (Å²) in [6.07, 6.45) is 0. The summed E-state index contributed by atoms with van der Waals surface area (Å²) in [7, 11) is 3.26. The third kappa shape index (κ3) is 4.08. The highest BCUT2D eigenvalue weighted by molar-refractivity contribution is 7.13. The molecule has 0 spiro atoms. The largest absolute Gasteiger partial charge is 0.493 e. The van der Waals surface area contributed by atoms with Gasteiger partial charge in [-0.2, -0.15) is 0 Å². The van der Waals surface area contributed by atoms with Crippen molar-refractivity contribution in [2.75, 3.05) is 20.8 Å². The number of nitrogens with zero attached hydrogens (tertiary/aromatic N) is 1. The quantitative estimate of drug-likeness (QED) is 0.569. The van der Waals surface area contributed by atoms with Gasteiger partial charge in [0.25, 0.3) is 0 Å². The molecular formula is C20H21NO4S. The molecule has 0 radical (unpaired) electrons. The maximum absolute atomic E-state index is 5.83. The van der Waals surface area contributed by atoms with Gasteiger partial charge in [0.1, 0.15) is 11.6 Å². The standard InChI is InChI=1S/C20H21NO4S/c1-4-24-18-10-9-14(11-19(18)23-3)20-21-15(13-26-20)12-25-17-8-6-5-7-16(17)22-2/h5-11,13H,4,12H2,1-3H3. The zero-order chi connectivity index (χ0) is 18.4. The van der Waals surface area contributed by atoms with Gasteiger partial charge in [0.15, 0.2) is 23.0 Å². The summed E-state index contributed by atoms with van der Waals surface area (Å²) < 4.78 is 22.1. The van der Waals surface area contributed by atoms with Gasteiger partial charge in [0.2, 0.25) is 0 Å². The molecule has 1 aromatic heterocycles. The second-order valence-corrected chi connectivity index (χ2v) is 6.24. The first-order valence-corrected chi connectivity index (χ1v) is 9.14. The van der Waals surface area contributed by atoms with Crippen LogP contribution in [0.4, 0.5) is 0 Å². The van der Waals surface area contributed by atoms with Gasteiger partial charge in [-0.25, -0.2) is 4.98 Å². The molecule has 3 aromatic rings. The molecular weight excluding hydrogens is 350 g/mol. The van der Waals surface area contributed by atoms with Crippen LogP contribution in [0.25, 0.3) is 10.6 Å². The van der Waals surface area contributed by atoms with E-state index in [2.05, 4.69) is 4.98 Å². The summed E-state index contributed by atoms with van der Waals surface area (Å²) in [4.78, 5) is 4.66. The van der Waals surface area contributed by atoms with Gasteiger partial charge in [-0.3, -0.25) is 0 Å². The van der Waals surface area contributed by atoms with Gasteiger partial charge in [0, 0.05) is 10.9 Å². The van der Waals surface area contributed by atoms with E-state index in [0.717, 1.165) is 22.0 Å². The molecule has 0 saturated heterocycles. The van der Waals surface area contributed by atoms with Gasteiger partial charge >= 0.3 is 0 Å². The fourth-order valence-electron chi connectivity index (χ4n) is 2.47. The minimum Gasteiger partial charge on any atom is -0.493 e. The molecule has 0 unspecified atom stereocenters. The fraction of sp³-hybridized carbons (Fsp3) is 0.250. The lowest BCUT2D eigenvalue weighted by Gasteiger charge is -2.10. The molecule has 6 heteroatoms. The number of hydrogen-bond acceptors (Lipinski definition) is 6. The minimum atomic E-state index is 0.380. The predicted molar refractivity (Wildman–Crippen MR) is 103 cm³/mol. The first-order valence-electron chi connectivity index (χ1n) is 8.26. The number of para-hydroxylation sites is 2. The van der Waals surface area contributed by atoms with Gasteiger partial charge in [-0.1, -0.05) is 12.1 Å². The fourth-order valence-corrected chi connectivity index (χ4v) is 3.27. The Hall–Kier alpha value is -2.73. The summed E-state index contributed by atoms with van der Waals surface area (Å²) in [5, 5.41) is 2.90. The van der Waals surface area contributed by atoms with Gasteiger partial charge in [0.05, 0.1) is 26.5 Å². The Bertz CT molecular complexity index is 863. The average Bonchev–Trinajstić information content (AvgIpc) is 3.16. The number of hydrogen-bond donors (Lipinski definition) is 0. The molecule has 0 saturated carbocycles. The van der Waals surface area contributed by atoms with Crippen molar-refractivity contribution >= 4 is 11.3 Å². The Balaban J connectivity index is 1.73. The minimum absolute atomic E-state index is 0.380. The molecule has 0 fully saturated rings. The van der Waals surface area contributed by atoms with Crippen molar-refractivity contribution in [1.29, 1.82) is 0 Å². The molecule has 26 heavy (non-hydrogen) atoms. The van der Waals surface area contributed by atoms with Crippen LogP contribution in [0.2, 0.25) is 0 Å². The maximum Gasteiger partial charge on any atom is 0.161 e. The van der Waals surface area contributed by atoms with Crippen molar-refractivity contribution in [3.63, 3.8) is 0 Å². The lowest BCUT2D eigenvalue weighted by atomic mass is 10.2. The predicted octanol–water partition coefficient (Wildman–Crippen LogP) is 4.81. The first-order chi connectivity index (χ1) is 12.7. The Morgan fingerprint density at radius 3 is 2.35 bits per heavy atom. The highest BCUT2D eigenvalue weighted by Gasteiger charge is 2.11. The molecule has 0 bridgehead atoms. The maximum atomic E-state index is 5.83. The van der Waals surface area contributed by atoms with E-state index < -0.39 is 0 Å². The summed E-state index contributed by atoms with van der Waals surface area (Å²) in [6.45, 7) is 2.92. The number of benzene rings is 2. The summed E-state index contributed by atoms with van der Waals surface area (Å²) in [6, 6.07) is 13.4. The van der Waals surface area contributed by atoms with Gasteiger partial charge < -0.3 is 18.9 Å². The second-order valence-electron chi connectivity index (χ2n) is 5.38. The summed E-state index contributed by atoms with van der Waals surface area (Å²) >= 11 is 1.57. The van der Waals surface area contributed by atoms with E-state index >= 15 is 0 Å². The molecule has 0 aliphatic rings. The zero-order valence-corrected chi connectivity index (χ0v) is 15.8. The molecule has 0 aliphatic heterocycles. The van der Waals surface area contributed by atoms with Crippen LogP contribution in [0.5, 0.6) is 23.0 Å². The van der Waals surface area contributed by atoms with E-state index in [9.17, 15) is 0 Å². The molecule has 1 heterocycles. The SMILES string of the molecule is CCOc1ccc(-c2nc(COc3ccccc3OC)cs2)cc1OC. The molecule has 0 aliphatic carbocycles. The Kier molecular flexibility index (Phi) is 5.96. The van der Waals surface area contributed by atoms with Crippen molar-refractivity contribution in [2.45, 2.75) is 13.5 Å². The van der Waals surface area contributed by atoms with Crippen molar-refractivity contribution in [1.82, 2.24) is 4.98 Å². The molecule has 0 atom stereocenters. The Labute approximate surface area is 157 Å². The van der Waals surface area contributed by atoms with Crippen LogP contribution in [-0.2, 0) is 6.61 Å². The number of ether oxygens (including phenoxy) is 4. The normalized spacial score (nSPS) is 10.4. The van der Waals surface area contributed by atoms with E-state index in [4.69, 9.17) is 18.9 Å². The zero-order valence-electron chi connectivity index (χ0n) is 15.0. The van der Waals surface area contributed by atoms with Crippen molar-refractivity contribution in [3.8, 4) is 33.6 Å². The van der Waals surface area contributed by atoms with Crippen LogP contribution >= 0.6 is 11.3 Å². The van der Waals surface area contributed by atoms with Crippen molar-refractivity contribution < 1.29 is 18.9 Å². The topological polar surface area (TPSA) is 49.8 Å². The van der Waals surface area contributed by atoms with Crippen LogP contribution in [0.15, 0.2) is 47.8 Å². The van der Waals surface area contributed by atoms with E-state index in [1.54, 1.807) is 25.6 Å². The Morgan fingerprint density at radius 1 is 0.885 bits per heavy atom. The van der Waals surface area contributed by atoms with E-state index in [1.807, 2.05) is 54.8 Å². The van der Waals surface area contributed by atoms with Gasteiger partial charge in [-0.05, 0) is 37.3 Å². The number of thiazole rings is 1. The lowest BCUT2D eigenvalue weighted by Crippen LogP contribution is -1.98. The highest BCUT2D eigenvalue weighted by atomic mass is 32.1. The van der Waals surface area contributed by atoms with Crippen LogP contribution < -0.4 is 18.9 Å². The lowest BCUT2D eigenvalue weighted by molar-refractivity contribution is 0.281. The van der Waals surface area contributed by atoms with Crippen molar-refractivity contribution in [2.24, 2.45) is 0 Å².